The molecule has 0 fully saturated rings. The van der Waals surface area contributed by atoms with Crippen molar-refractivity contribution in [2.75, 3.05) is 0 Å². The zero-order valence-electron chi connectivity index (χ0n) is 16.9. The lowest BCUT2D eigenvalue weighted by Crippen LogP contribution is -2.35. The molecule has 0 bridgehead atoms. The van der Waals surface area contributed by atoms with Gasteiger partial charge in [0.05, 0.1) is 5.76 Å². The van der Waals surface area contributed by atoms with Crippen LogP contribution >= 0.6 is 0 Å². The highest BCUT2D eigenvalue weighted by molar-refractivity contribution is 6.01. The lowest BCUT2D eigenvalue weighted by atomic mass is 9.78. The molecule has 1 N–H and O–H groups in total. The fraction of sp³-hybridized carbons (Fsp3) is 0.478. The molecule has 0 aromatic heterocycles. The number of carboxylic acid groups (broad SMARTS) is 1. The fourth-order valence-corrected chi connectivity index (χ4v) is 3.44. The van der Waals surface area contributed by atoms with E-state index in [2.05, 4.69) is 33.4 Å². The van der Waals surface area contributed by atoms with Gasteiger partial charge in [-0.2, -0.15) is 0 Å². The van der Waals surface area contributed by atoms with E-state index >= 15 is 0 Å². The highest BCUT2D eigenvalue weighted by Gasteiger charge is 2.38. The van der Waals surface area contributed by atoms with Gasteiger partial charge in [-0.25, -0.2) is 0 Å². The van der Waals surface area contributed by atoms with Crippen LogP contribution in [0.5, 0.6) is 0 Å². The number of hydrogen-bond acceptors (Lipinski definition) is 3. The van der Waals surface area contributed by atoms with Gasteiger partial charge in [0.15, 0.2) is 5.78 Å². The van der Waals surface area contributed by atoms with Crippen LogP contribution < -0.4 is 0 Å². The molecule has 2 unspecified atom stereocenters. The summed E-state index contributed by atoms with van der Waals surface area (Å²) in [6.45, 7) is 14.5. The van der Waals surface area contributed by atoms with Crippen molar-refractivity contribution in [3.05, 3.63) is 53.3 Å². The Morgan fingerprint density at radius 1 is 1.37 bits per heavy atom. The first-order valence-corrected chi connectivity index (χ1v) is 9.40. The summed E-state index contributed by atoms with van der Waals surface area (Å²) >= 11 is 0. The molecule has 0 saturated heterocycles. The Hall–Kier alpha value is -2.36. The largest absolute Gasteiger partial charge is 0.494 e. The normalized spacial score (nSPS) is 20.4. The van der Waals surface area contributed by atoms with Crippen LogP contribution in [0.15, 0.2) is 36.6 Å². The summed E-state index contributed by atoms with van der Waals surface area (Å²) < 4.78 is 6.01. The van der Waals surface area contributed by atoms with Gasteiger partial charge in [-0.15, -0.1) is 0 Å². The third kappa shape index (κ3) is 4.88. The van der Waals surface area contributed by atoms with Crippen molar-refractivity contribution in [3.8, 4) is 0 Å². The van der Waals surface area contributed by atoms with Gasteiger partial charge < -0.3 is 9.84 Å². The van der Waals surface area contributed by atoms with Crippen molar-refractivity contribution in [2.24, 2.45) is 17.8 Å². The Morgan fingerprint density at radius 3 is 2.56 bits per heavy atom. The molecule has 0 radical (unpaired) electrons. The van der Waals surface area contributed by atoms with E-state index < -0.39 is 17.8 Å². The summed E-state index contributed by atoms with van der Waals surface area (Å²) in [4.78, 5) is 23.9. The van der Waals surface area contributed by atoms with Crippen molar-refractivity contribution >= 4 is 17.8 Å². The number of carbonyl (C=O) groups excluding carboxylic acids is 1. The van der Waals surface area contributed by atoms with Gasteiger partial charge in [0.25, 0.3) is 0 Å². The third-order valence-electron chi connectivity index (χ3n) is 5.05. The predicted molar refractivity (Wildman–Crippen MR) is 107 cm³/mol. The molecule has 4 heteroatoms. The second-order valence-corrected chi connectivity index (χ2v) is 8.56. The molecule has 27 heavy (non-hydrogen) atoms. The van der Waals surface area contributed by atoms with Gasteiger partial charge in [0.2, 0.25) is 0 Å². The molecule has 0 aliphatic heterocycles. The zero-order valence-corrected chi connectivity index (χ0v) is 16.9. The van der Waals surface area contributed by atoms with E-state index in [1.165, 1.54) is 5.56 Å². The van der Waals surface area contributed by atoms with Crippen molar-refractivity contribution in [1.82, 2.24) is 0 Å². The van der Waals surface area contributed by atoms with Gasteiger partial charge in [0, 0.05) is 12.3 Å². The van der Waals surface area contributed by atoms with Crippen LogP contribution in [0.2, 0.25) is 0 Å². The quantitative estimate of drug-likeness (QED) is 0.718. The maximum atomic E-state index is 12.4. The minimum absolute atomic E-state index is 0.0373. The highest BCUT2D eigenvalue weighted by Crippen LogP contribution is 2.33. The van der Waals surface area contributed by atoms with E-state index in [9.17, 15) is 14.7 Å². The maximum absolute atomic E-state index is 12.4. The van der Waals surface area contributed by atoms with Crippen LogP contribution in [0.1, 0.15) is 57.7 Å². The van der Waals surface area contributed by atoms with Crippen molar-refractivity contribution in [2.45, 2.75) is 53.1 Å². The molecular formula is C23H30O4. The Bertz CT molecular complexity index is 765. The van der Waals surface area contributed by atoms with E-state index in [-0.39, 0.29) is 23.5 Å². The maximum Gasteiger partial charge on any atom is 0.314 e. The standard InChI is InChI=1S/C23H30O4/c1-7-15-8-9-16(20(10-15)23(4,5)6)13-27-17-11-18(14(2)3)21(24)19(12-17)22(25)26/h7-11,14,18-19H,1,12-13H2,2-6H3,(H,25,26). The Labute approximate surface area is 161 Å². The number of ketones is 1. The predicted octanol–water partition coefficient (Wildman–Crippen LogP) is 4.97. The number of allylic oxidation sites excluding steroid dienone is 2. The minimum Gasteiger partial charge on any atom is -0.494 e. The Balaban J connectivity index is 2.27. The number of hydrogen-bond donors (Lipinski definition) is 1. The van der Waals surface area contributed by atoms with E-state index in [4.69, 9.17) is 4.74 Å². The number of Topliss-reactive ketones (excluding diaryl/α,β-unsaturated/α-hetero) is 1. The molecule has 0 saturated carbocycles. The number of carboxylic acids is 1. The van der Waals surface area contributed by atoms with Crippen molar-refractivity contribution in [1.29, 1.82) is 0 Å². The van der Waals surface area contributed by atoms with Crippen molar-refractivity contribution in [3.63, 3.8) is 0 Å². The summed E-state index contributed by atoms with van der Waals surface area (Å²) in [5.41, 5.74) is 3.22. The van der Waals surface area contributed by atoms with E-state index in [0.717, 1.165) is 11.1 Å². The highest BCUT2D eigenvalue weighted by atomic mass is 16.5. The monoisotopic (exact) mass is 370 g/mol. The molecule has 146 valence electrons. The summed E-state index contributed by atoms with van der Waals surface area (Å²) in [6, 6.07) is 6.14. The molecule has 2 atom stereocenters. The molecule has 0 amide bonds. The van der Waals surface area contributed by atoms with Crippen LogP contribution in [0.4, 0.5) is 0 Å². The molecule has 0 spiro atoms. The second-order valence-electron chi connectivity index (χ2n) is 8.56. The summed E-state index contributed by atoms with van der Waals surface area (Å²) in [7, 11) is 0. The van der Waals surface area contributed by atoms with Gasteiger partial charge in [0.1, 0.15) is 12.5 Å². The summed E-state index contributed by atoms with van der Waals surface area (Å²) in [6.07, 6.45) is 3.74. The third-order valence-corrected chi connectivity index (χ3v) is 5.05. The van der Waals surface area contributed by atoms with Crippen molar-refractivity contribution < 1.29 is 19.4 Å². The number of aliphatic carboxylic acids is 1. The first-order chi connectivity index (χ1) is 12.5. The van der Waals surface area contributed by atoms with Gasteiger partial charge in [-0.05, 0) is 34.1 Å². The van der Waals surface area contributed by atoms with Crippen LogP contribution in [0, 0.1) is 17.8 Å². The number of benzene rings is 1. The number of ether oxygens (including phenoxy) is 1. The van der Waals surface area contributed by atoms with Crippen LogP contribution in [0.3, 0.4) is 0 Å². The molecule has 0 heterocycles. The summed E-state index contributed by atoms with van der Waals surface area (Å²) in [5, 5.41) is 9.41. The first-order valence-electron chi connectivity index (χ1n) is 9.40. The zero-order chi connectivity index (χ0) is 20.4. The molecule has 1 aliphatic carbocycles. The Morgan fingerprint density at radius 2 is 2.04 bits per heavy atom. The molecule has 2 rings (SSSR count). The number of carbonyl (C=O) groups is 2. The van der Waals surface area contributed by atoms with E-state index in [1.54, 1.807) is 6.08 Å². The van der Waals surface area contributed by atoms with Gasteiger partial charge in [-0.3, -0.25) is 9.59 Å². The smallest absolute Gasteiger partial charge is 0.314 e. The topological polar surface area (TPSA) is 63.6 Å². The average molecular weight is 370 g/mol. The molecule has 1 aromatic carbocycles. The second kappa shape index (κ2) is 8.12. The Kier molecular flexibility index (Phi) is 6.30. The van der Waals surface area contributed by atoms with Crippen LogP contribution in [0.25, 0.3) is 6.08 Å². The minimum atomic E-state index is -1.08. The SMILES string of the molecule is C=Cc1ccc(COC2=CC(C(C)C)C(=O)C(C(=O)O)C2)c(C(C)(C)C)c1. The number of rotatable bonds is 6. The molecule has 1 aromatic rings. The van der Waals surface area contributed by atoms with Crippen LogP contribution in [-0.2, 0) is 26.3 Å². The fourth-order valence-electron chi connectivity index (χ4n) is 3.44. The van der Waals surface area contributed by atoms with E-state index in [0.29, 0.717) is 12.4 Å². The lowest BCUT2D eigenvalue weighted by molar-refractivity contribution is -0.148. The lowest BCUT2D eigenvalue weighted by Gasteiger charge is -2.28. The molecular weight excluding hydrogens is 340 g/mol. The average Bonchev–Trinajstić information content (AvgIpc) is 2.59. The van der Waals surface area contributed by atoms with Gasteiger partial charge in [-0.1, -0.05) is 65.5 Å². The molecule has 1 aliphatic rings. The molecule has 4 nitrogen and oxygen atoms in total. The van der Waals surface area contributed by atoms with Crippen LogP contribution in [-0.4, -0.2) is 16.9 Å². The van der Waals surface area contributed by atoms with E-state index in [1.807, 2.05) is 32.1 Å². The first kappa shape index (κ1) is 20.9. The van der Waals surface area contributed by atoms with Gasteiger partial charge >= 0.3 is 5.97 Å². The summed E-state index contributed by atoms with van der Waals surface area (Å²) in [5.74, 6) is -2.12.